The molecule has 2 aromatic rings. The van der Waals surface area contributed by atoms with Crippen LogP contribution in [0.4, 0.5) is 4.39 Å². The summed E-state index contributed by atoms with van der Waals surface area (Å²) in [6, 6.07) is 5.97. The van der Waals surface area contributed by atoms with Crippen molar-refractivity contribution in [2.45, 2.75) is 6.42 Å². The van der Waals surface area contributed by atoms with E-state index in [0.29, 0.717) is 35.0 Å². The fourth-order valence-electron chi connectivity index (χ4n) is 1.39. The fraction of sp³-hybridized carbons (Fsp3) is 0.182. The third-order valence-corrected chi connectivity index (χ3v) is 2.39. The molecule has 0 saturated carbocycles. The van der Waals surface area contributed by atoms with E-state index in [9.17, 15) is 4.39 Å². The molecular weight excluding hydrogens is 231 g/mol. The molecule has 0 aliphatic heterocycles. The van der Waals surface area contributed by atoms with Crippen LogP contribution in [0.5, 0.6) is 0 Å². The Kier molecular flexibility index (Phi) is 3.22. The van der Waals surface area contributed by atoms with E-state index >= 15 is 0 Å². The van der Waals surface area contributed by atoms with Crippen LogP contribution >= 0.6 is 11.6 Å². The van der Waals surface area contributed by atoms with Crippen molar-refractivity contribution in [1.29, 1.82) is 0 Å². The van der Waals surface area contributed by atoms with Gasteiger partial charge in [0.25, 0.3) is 0 Å². The van der Waals surface area contributed by atoms with Gasteiger partial charge in [0.1, 0.15) is 17.3 Å². The molecule has 1 heterocycles. The van der Waals surface area contributed by atoms with E-state index in [2.05, 4.69) is 5.16 Å². The topological polar surface area (TPSA) is 52.0 Å². The molecule has 0 saturated heterocycles. The van der Waals surface area contributed by atoms with Gasteiger partial charge in [0, 0.05) is 23.1 Å². The molecule has 16 heavy (non-hydrogen) atoms. The van der Waals surface area contributed by atoms with Gasteiger partial charge in [-0.05, 0) is 24.7 Å². The minimum atomic E-state index is -0.378. The molecule has 0 spiro atoms. The van der Waals surface area contributed by atoms with Gasteiger partial charge >= 0.3 is 0 Å². The number of benzene rings is 1. The van der Waals surface area contributed by atoms with E-state index in [4.69, 9.17) is 21.9 Å². The highest BCUT2D eigenvalue weighted by molar-refractivity contribution is 6.30. The van der Waals surface area contributed by atoms with Gasteiger partial charge in [-0.3, -0.25) is 0 Å². The number of hydrogen-bond acceptors (Lipinski definition) is 3. The summed E-state index contributed by atoms with van der Waals surface area (Å²) in [4.78, 5) is 0. The maximum atomic E-state index is 13.5. The molecule has 3 nitrogen and oxygen atoms in total. The second kappa shape index (κ2) is 4.63. The lowest BCUT2D eigenvalue weighted by Crippen LogP contribution is -2.01. The number of nitrogens with zero attached hydrogens (tertiary/aromatic N) is 1. The van der Waals surface area contributed by atoms with E-state index in [1.54, 1.807) is 6.07 Å². The van der Waals surface area contributed by atoms with E-state index in [-0.39, 0.29) is 5.82 Å². The zero-order valence-electron chi connectivity index (χ0n) is 8.41. The first-order valence-corrected chi connectivity index (χ1v) is 5.19. The zero-order chi connectivity index (χ0) is 11.5. The summed E-state index contributed by atoms with van der Waals surface area (Å²) in [7, 11) is 0. The summed E-state index contributed by atoms with van der Waals surface area (Å²) >= 11 is 5.79. The summed E-state index contributed by atoms with van der Waals surface area (Å²) in [5.74, 6) is 0.258. The lowest BCUT2D eigenvalue weighted by atomic mass is 10.1. The van der Waals surface area contributed by atoms with Gasteiger partial charge in [-0.2, -0.15) is 0 Å². The van der Waals surface area contributed by atoms with Crippen LogP contribution in [-0.2, 0) is 6.42 Å². The van der Waals surface area contributed by atoms with Gasteiger partial charge in [0.15, 0.2) is 0 Å². The number of halogens is 2. The predicted octanol–water partition coefficient (Wildman–Crippen LogP) is 2.64. The second-order valence-corrected chi connectivity index (χ2v) is 3.78. The van der Waals surface area contributed by atoms with Crippen LogP contribution in [0.1, 0.15) is 5.76 Å². The lowest BCUT2D eigenvalue weighted by molar-refractivity contribution is 0.386. The first-order chi connectivity index (χ1) is 7.70. The molecule has 84 valence electrons. The molecular formula is C11H10ClFN2O. The summed E-state index contributed by atoms with van der Waals surface area (Å²) < 4.78 is 18.5. The Morgan fingerprint density at radius 3 is 2.94 bits per heavy atom. The smallest absolute Gasteiger partial charge is 0.138 e. The first-order valence-electron chi connectivity index (χ1n) is 4.82. The van der Waals surface area contributed by atoms with Crippen molar-refractivity contribution in [3.63, 3.8) is 0 Å². The van der Waals surface area contributed by atoms with Gasteiger partial charge in [-0.1, -0.05) is 16.8 Å². The van der Waals surface area contributed by atoms with Crippen molar-refractivity contribution in [3.8, 4) is 11.3 Å². The minimum absolute atomic E-state index is 0.333. The number of aromatic nitrogens is 1. The molecule has 0 fully saturated rings. The summed E-state index contributed by atoms with van der Waals surface area (Å²) in [5, 5.41) is 4.24. The summed E-state index contributed by atoms with van der Waals surface area (Å²) in [6.07, 6.45) is 0.579. The molecule has 0 aliphatic carbocycles. The van der Waals surface area contributed by atoms with E-state index in [1.807, 2.05) is 0 Å². The van der Waals surface area contributed by atoms with Crippen LogP contribution in [0, 0.1) is 5.82 Å². The van der Waals surface area contributed by atoms with Gasteiger partial charge in [-0.25, -0.2) is 4.39 Å². The van der Waals surface area contributed by atoms with Crippen molar-refractivity contribution in [1.82, 2.24) is 5.16 Å². The van der Waals surface area contributed by atoms with Gasteiger partial charge in [-0.15, -0.1) is 0 Å². The highest BCUT2D eigenvalue weighted by atomic mass is 35.5. The van der Waals surface area contributed by atoms with Crippen LogP contribution in [0.2, 0.25) is 5.02 Å². The number of hydrogen-bond donors (Lipinski definition) is 1. The standard InChI is InChI=1S/C11H10ClFN2O/c12-7-1-2-10(13)9(5-7)11-6-8(3-4-14)16-15-11/h1-2,5-6H,3-4,14H2. The van der Waals surface area contributed by atoms with Crippen molar-refractivity contribution < 1.29 is 8.91 Å². The van der Waals surface area contributed by atoms with Crippen molar-refractivity contribution in [2.75, 3.05) is 6.54 Å². The fourth-order valence-corrected chi connectivity index (χ4v) is 1.57. The minimum Gasteiger partial charge on any atom is -0.361 e. The molecule has 0 unspecified atom stereocenters. The van der Waals surface area contributed by atoms with Gasteiger partial charge in [0.2, 0.25) is 0 Å². The van der Waals surface area contributed by atoms with Crippen LogP contribution in [0.15, 0.2) is 28.8 Å². The average molecular weight is 241 g/mol. The summed E-state index contributed by atoms with van der Waals surface area (Å²) in [5.41, 5.74) is 6.15. The predicted molar refractivity (Wildman–Crippen MR) is 59.7 cm³/mol. The Bertz CT molecular complexity index is 498. The van der Waals surface area contributed by atoms with Crippen LogP contribution in [0.25, 0.3) is 11.3 Å². The van der Waals surface area contributed by atoms with Crippen molar-refractivity contribution in [2.24, 2.45) is 5.73 Å². The molecule has 0 amide bonds. The van der Waals surface area contributed by atoms with E-state index in [0.717, 1.165) is 0 Å². The third-order valence-electron chi connectivity index (χ3n) is 2.15. The largest absolute Gasteiger partial charge is 0.361 e. The molecule has 0 bridgehead atoms. The molecule has 2 N–H and O–H groups in total. The molecule has 1 aromatic heterocycles. The number of nitrogens with two attached hydrogens (primary N) is 1. The second-order valence-electron chi connectivity index (χ2n) is 3.34. The Morgan fingerprint density at radius 1 is 1.38 bits per heavy atom. The van der Waals surface area contributed by atoms with Crippen molar-refractivity contribution >= 4 is 11.6 Å². The molecule has 0 atom stereocenters. The Balaban J connectivity index is 2.38. The monoisotopic (exact) mass is 240 g/mol. The molecule has 5 heteroatoms. The van der Waals surface area contributed by atoms with Gasteiger partial charge < -0.3 is 10.3 Å². The van der Waals surface area contributed by atoms with Crippen LogP contribution in [-0.4, -0.2) is 11.7 Å². The Labute approximate surface area is 97.0 Å². The maximum Gasteiger partial charge on any atom is 0.138 e. The van der Waals surface area contributed by atoms with E-state index in [1.165, 1.54) is 18.2 Å². The summed E-state index contributed by atoms with van der Waals surface area (Å²) in [6.45, 7) is 0.465. The quantitative estimate of drug-likeness (QED) is 0.897. The first kappa shape index (κ1) is 11.1. The lowest BCUT2D eigenvalue weighted by Gasteiger charge is -1.98. The normalized spacial score (nSPS) is 10.7. The van der Waals surface area contributed by atoms with Gasteiger partial charge in [0.05, 0.1) is 0 Å². The zero-order valence-corrected chi connectivity index (χ0v) is 9.17. The van der Waals surface area contributed by atoms with Crippen LogP contribution in [0.3, 0.4) is 0 Å². The third kappa shape index (κ3) is 2.23. The van der Waals surface area contributed by atoms with Crippen LogP contribution < -0.4 is 5.73 Å². The molecule has 0 radical (unpaired) electrons. The Hall–Kier alpha value is -1.39. The highest BCUT2D eigenvalue weighted by Gasteiger charge is 2.11. The highest BCUT2D eigenvalue weighted by Crippen LogP contribution is 2.25. The molecule has 0 aliphatic rings. The SMILES string of the molecule is NCCc1cc(-c2cc(Cl)ccc2F)no1. The van der Waals surface area contributed by atoms with Crippen molar-refractivity contribution in [3.05, 3.63) is 40.9 Å². The number of rotatable bonds is 3. The molecule has 1 aromatic carbocycles. The Morgan fingerprint density at radius 2 is 2.19 bits per heavy atom. The average Bonchev–Trinajstić information content (AvgIpc) is 2.71. The molecule has 2 rings (SSSR count). The van der Waals surface area contributed by atoms with E-state index < -0.39 is 0 Å². The maximum absolute atomic E-state index is 13.5.